The fourth-order valence-electron chi connectivity index (χ4n) is 7.31. The average Bonchev–Trinajstić information content (AvgIpc) is 3.43. The number of nitrogens with zero attached hydrogens (tertiary/aromatic N) is 5. The molecule has 5 heterocycles. The van der Waals surface area contributed by atoms with Crippen molar-refractivity contribution in [2.75, 3.05) is 51.3 Å². The molecule has 7 rings (SSSR count). The molecule has 2 N–H and O–H groups in total. The van der Waals surface area contributed by atoms with Gasteiger partial charge in [-0.1, -0.05) is 36.6 Å². The highest BCUT2D eigenvalue weighted by molar-refractivity contribution is 5.80. The Hall–Kier alpha value is -2.65. The van der Waals surface area contributed by atoms with Crippen LogP contribution in [0.5, 0.6) is 5.75 Å². The highest BCUT2D eigenvalue weighted by atomic mass is 16.5. The van der Waals surface area contributed by atoms with Crippen LogP contribution in [0.15, 0.2) is 30.5 Å². The molecule has 9 heteroatoms. The number of benzene rings is 1. The maximum absolute atomic E-state index is 13.6. The van der Waals surface area contributed by atoms with Crippen LogP contribution >= 0.6 is 0 Å². The van der Waals surface area contributed by atoms with Crippen molar-refractivity contribution in [3.63, 3.8) is 0 Å². The van der Waals surface area contributed by atoms with Gasteiger partial charge in [-0.15, -0.1) is 5.10 Å². The van der Waals surface area contributed by atoms with Crippen molar-refractivity contribution in [3.05, 3.63) is 36.2 Å². The number of quaternary nitrogens is 1. The maximum atomic E-state index is 13.6. The summed E-state index contributed by atoms with van der Waals surface area (Å²) in [7, 11) is 1.71. The van der Waals surface area contributed by atoms with Gasteiger partial charge in [0, 0.05) is 39.0 Å². The van der Waals surface area contributed by atoms with Crippen molar-refractivity contribution in [3.8, 4) is 5.75 Å². The molecule has 4 atom stereocenters. The fraction of sp³-hybridized carbons (Fsp3) is 0.679. The van der Waals surface area contributed by atoms with Gasteiger partial charge in [0.2, 0.25) is 5.91 Å². The molecule has 1 aliphatic carbocycles. The van der Waals surface area contributed by atoms with Crippen molar-refractivity contribution in [2.24, 2.45) is 11.8 Å². The summed E-state index contributed by atoms with van der Waals surface area (Å²) in [6.07, 6.45) is 9.02. The third-order valence-corrected chi connectivity index (χ3v) is 9.49. The molecule has 1 aromatic carbocycles. The first-order valence-corrected chi connectivity index (χ1v) is 14.2. The number of carbonyl (C=O) groups is 1. The first kappa shape index (κ1) is 24.7. The van der Waals surface area contributed by atoms with E-state index >= 15 is 0 Å². The standard InChI is InChI=1S/C28H40N6O3/c1-37-25-8-4-3-7-24(25)31-13-15-32(16-14-31)27(35)23-19-33-12-9-21(23)17-22(33)18-34-20-26(29-30-34)28(36)10-5-2-6-11-28/h3-4,7-8,20-23,36H,2,5-6,9-19H2,1H3/p+1/t21-,22+,23-/m0/s1. The van der Waals surface area contributed by atoms with Gasteiger partial charge in [0.1, 0.15) is 23.1 Å². The lowest BCUT2D eigenvalue weighted by Crippen LogP contribution is -3.20. The monoisotopic (exact) mass is 509 g/mol. The van der Waals surface area contributed by atoms with Crippen LogP contribution in [0.4, 0.5) is 5.69 Å². The number of aromatic nitrogens is 3. The van der Waals surface area contributed by atoms with Crippen molar-refractivity contribution in [1.82, 2.24) is 19.9 Å². The number of fused-ring (bicyclic) bond motifs is 3. The van der Waals surface area contributed by atoms with E-state index in [1.54, 1.807) is 7.11 Å². The number of anilines is 1. The van der Waals surface area contributed by atoms with Crippen LogP contribution in [0.3, 0.4) is 0 Å². The number of carbonyl (C=O) groups excluding carboxylic acids is 1. The van der Waals surface area contributed by atoms with E-state index in [2.05, 4.69) is 26.2 Å². The minimum atomic E-state index is -0.803. The smallest absolute Gasteiger partial charge is 0.231 e. The lowest BCUT2D eigenvalue weighted by molar-refractivity contribution is -0.945. The third-order valence-electron chi connectivity index (χ3n) is 9.49. The number of piperazine rings is 1. The van der Waals surface area contributed by atoms with Crippen LogP contribution in [-0.4, -0.2) is 83.3 Å². The van der Waals surface area contributed by atoms with Crippen molar-refractivity contribution in [2.45, 2.75) is 63.1 Å². The van der Waals surface area contributed by atoms with E-state index in [-0.39, 0.29) is 5.92 Å². The maximum Gasteiger partial charge on any atom is 0.231 e. The lowest BCUT2D eigenvalue weighted by atomic mass is 9.75. The quantitative estimate of drug-likeness (QED) is 0.606. The average molecular weight is 510 g/mol. The molecule has 1 saturated carbocycles. The van der Waals surface area contributed by atoms with Crippen LogP contribution in [0.2, 0.25) is 0 Å². The Balaban J connectivity index is 1.04. The molecule has 1 aromatic heterocycles. The first-order chi connectivity index (χ1) is 18.0. The topological polar surface area (TPSA) is 88.2 Å². The molecule has 9 nitrogen and oxygen atoms in total. The summed E-state index contributed by atoms with van der Waals surface area (Å²) in [6.45, 7) is 6.08. The van der Waals surface area contributed by atoms with Crippen molar-refractivity contribution >= 4 is 11.6 Å². The second kappa shape index (κ2) is 10.3. The number of hydrogen-bond donors (Lipinski definition) is 2. The van der Waals surface area contributed by atoms with Crippen molar-refractivity contribution in [1.29, 1.82) is 0 Å². The van der Waals surface area contributed by atoms with Gasteiger partial charge in [-0.2, -0.15) is 0 Å². The number of rotatable bonds is 6. The summed E-state index contributed by atoms with van der Waals surface area (Å²) < 4.78 is 7.48. The number of para-hydroxylation sites is 2. The molecule has 5 fully saturated rings. The largest absolute Gasteiger partial charge is 0.495 e. The molecule has 200 valence electrons. The molecule has 5 aliphatic rings. The Bertz CT molecular complexity index is 1090. The molecule has 1 unspecified atom stereocenters. The number of aliphatic hydroxyl groups is 1. The lowest BCUT2D eigenvalue weighted by Gasteiger charge is -2.48. The van der Waals surface area contributed by atoms with E-state index in [0.29, 0.717) is 17.9 Å². The van der Waals surface area contributed by atoms with E-state index in [0.717, 1.165) is 101 Å². The summed E-state index contributed by atoms with van der Waals surface area (Å²) in [5.41, 5.74) is 1.04. The van der Waals surface area contributed by atoms with Crippen molar-refractivity contribution < 1.29 is 19.5 Å². The summed E-state index contributed by atoms with van der Waals surface area (Å²) in [5.74, 6) is 1.82. The molecule has 1 amide bonds. The number of ether oxygens (including phenoxy) is 1. The first-order valence-electron chi connectivity index (χ1n) is 14.2. The second-order valence-corrected chi connectivity index (χ2v) is 11.6. The van der Waals surface area contributed by atoms with Gasteiger partial charge in [0.15, 0.2) is 0 Å². The summed E-state index contributed by atoms with van der Waals surface area (Å²) in [5, 5.41) is 19.8. The molecular weight excluding hydrogens is 468 g/mol. The molecule has 4 aliphatic heterocycles. The molecular formula is C28H41N6O3+. The molecule has 0 radical (unpaired) electrons. The SMILES string of the molecule is COc1ccccc1N1CCN(C(=O)[C@H]2C[NH+]3CC[C@H]2C[C@@H]3Cn2cc(C3(O)CCCCC3)nn2)CC1. The van der Waals surface area contributed by atoms with Gasteiger partial charge in [0.25, 0.3) is 0 Å². The second-order valence-electron chi connectivity index (χ2n) is 11.6. The minimum absolute atomic E-state index is 0.132. The number of nitrogens with one attached hydrogen (secondary N) is 1. The van der Waals surface area contributed by atoms with Crippen LogP contribution in [0.1, 0.15) is 50.6 Å². The number of methoxy groups -OCH3 is 1. The van der Waals surface area contributed by atoms with E-state index < -0.39 is 5.60 Å². The molecule has 0 spiro atoms. The van der Waals surface area contributed by atoms with Gasteiger partial charge in [-0.3, -0.25) is 4.79 Å². The Morgan fingerprint density at radius 1 is 1.16 bits per heavy atom. The fourth-order valence-corrected chi connectivity index (χ4v) is 7.31. The van der Waals surface area contributed by atoms with Crippen LogP contribution in [0.25, 0.3) is 0 Å². The Labute approximate surface area is 219 Å². The van der Waals surface area contributed by atoms with Gasteiger partial charge in [-0.25, -0.2) is 4.68 Å². The highest BCUT2D eigenvalue weighted by Gasteiger charge is 2.48. The number of piperidine rings is 3. The summed E-state index contributed by atoms with van der Waals surface area (Å²) in [4.78, 5) is 19.6. The van der Waals surface area contributed by atoms with E-state index in [1.165, 1.54) is 11.3 Å². The Morgan fingerprint density at radius 3 is 2.68 bits per heavy atom. The predicted octanol–water partition coefficient (Wildman–Crippen LogP) is 1.08. The zero-order valence-electron chi connectivity index (χ0n) is 22.0. The van der Waals surface area contributed by atoms with Crippen LogP contribution in [0, 0.1) is 11.8 Å². The molecule has 2 aromatic rings. The zero-order chi connectivity index (χ0) is 25.4. The Morgan fingerprint density at radius 2 is 1.95 bits per heavy atom. The summed E-state index contributed by atoms with van der Waals surface area (Å²) >= 11 is 0. The van der Waals surface area contributed by atoms with Gasteiger partial charge in [0.05, 0.1) is 44.5 Å². The van der Waals surface area contributed by atoms with Crippen LogP contribution < -0.4 is 14.5 Å². The Kier molecular flexibility index (Phi) is 6.84. The normalized spacial score (nSPS) is 29.4. The van der Waals surface area contributed by atoms with E-state index in [1.807, 2.05) is 29.1 Å². The molecule has 2 bridgehead atoms. The van der Waals surface area contributed by atoms with Crippen LogP contribution in [-0.2, 0) is 16.9 Å². The number of hydrogen-bond acceptors (Lipinski definition) is 6. The predicted molar refractivity (Wildman–Crippen MR) is 139 cm³/mol. The van der Waals surface area contributed by atoms with E-state index in [9.17, 15) is 9.90 Å². The van der Waals surface area contributed by atoms with Gasteiger partial charge in [-0.05, 0) is 30.9 Å². The molecule has 4 saturated heterocycles. The van der Waals surface area contributed by atoms with E-state index in [4.69, 9.17) is 4.74 Å². The van der Waals surface area contributed by atoms with Gasteiger partial charge >= 0.3 is 0 Å². The minimum Gasteiger partial charge on any atom is -0.495 e. The summed E-state index contributed by atoms with van der Waals surface area (Å²) in [6, 6.07) is 8.59. The van der Waals surface area contributed by atoms with Gasteiger partial charge < -0.3 is 24.5 Å². The zero-order valence-corrected chi connectivity index (χ0v) is 22.0. The number of amides is 1. The third kappa shape index (κ3) is 4.83. The highest BCUT2D eigenvalue weighted by Crippen LogP contribution is 2.36. The molecule has 37 heavy (non-hydrogen) atoms.